The molecule has 1 nitrogen and oxygen atoms in total. The van der Waals surface area contributed by atoms with Crippen LogP contribution in [0.25, 0.3) is 5.31 Å². The average Bonchev–Trinajstić information content (AvgIpc) is 2.52. The maximum Gasteiger partial charge on any atom is 0.408 e. The lowest BCUT2D eigenvalue weighted by atomic mass is 10.2. The number of halogens is 1. The number of hydrogen-bond donors (Lipinski definition) is 0. The van der Waals surface area contributed by atoms with Crippen LogP contribution in [0.5, 0.6) is 0 Å². The topological polar surface area (TPSA) is 17.1 Å². The van der Waals surface area contributed by atoms with Crippen molar-refractivity contribution >= 4 is 24.7 Å². The Morgan fingerprint density at radius 1 is 1.23 bits per heavy atom. The molecule has 1 aromatic rings. The first-order valence-electron chi connectivity index (χ1n) is 3.89. The Morgan fingerprint density at radius 2 is 2.00 bits per heavy atom. The van der Waals surface area contributed by atoms with Gasteiger partial charge in [-0.3, -0.25) is 0 Å². The fourth-order valence-corrected chi connectivity index (χ4v) is 2.62. The van der Waals surface area contributed by atoms with Crippen molar-refractivity contribution in [1.82, 2.24) is 0 Å². The van der Waals surface area contributed by atoms with Crippen molar-refractivity contribution in [2.75, 3.05) is 0 Å². The second-order valence-electron chi connectivity index (χ2n) is 2.70. The second-order valence-corrected chi connectivity index (χ2v) is 4.54. The third kappa shape index (κ3) is 1.58. The third-order valence-corrected chi connectivity index (χ3v) is 3.50. The normalized spacial score (nSPS) is 17.6. The van der Waals surface area contributed by atoms with E-state index in [0.29, 0.717) is 5.02 Å². The molecule has 1 heterocycles. The largest absolute Gasteiger partial charge is 0.408 e. The number of rotatable bonds is 1. The minimum atomic E-state index is -1.37. The molecule has 2 rings (SSSR count). The molecule has 0 N–H and O–H groups in total. The van der Waals surface area contributed by atoms with Gasteiger partial charge in [0.2, 0.25) is 5.31 Å². The molecule has 0 bridgehead atoms. The minimum Gasteiger partial charge on any atom is -0.0835 e. The molecule has 0 aromatic heterocycles. The van der Waals surface area contributed by atoms with Gasteiger partial charge in [-0.1, -0.05) is 28.3 Å². The van der Waals surface area contributed by atoms with Crippen molar-refractivity contribution in [1.29, 1.82) is 0 Å². The minimum absolute atomic E-state index is 0.654. The molecule has 0 amide bonds. The molecule has 1 aliphatic heterocycles. The maximum atomic E-state index is 11.5. The zero-order valence-electron chi connectivity index (χ0n) is 6.77. The SMILES string of the molecule is O=[P+]1C=CC=C1c1ccccc1Cl. The van der Waals surface area contributed by atoms with E-state index in [4.69, 9.17) is 11.6 Å². The van der Waals surface area contributed by atoms with Gasteiger partial charge < -0.3 is 0 Å². The lowest BCUT2D eigenvalue weighted by Crippen LogP contribution is -1.78. The van der Waals surface area contributed by atoms with E-state index in [-0.39, 0.29) is 0 Å². The van der Waals surface area contributed by atoms with Gasteiger partial charge >= 0.3 is 7.80 Å². The molecule has 0 fully saturated rings. The molecule has 0 spiro atoms. The van der Waals surface area contributed by atoms with Gasteiger partial charge in [0, 0.05) is 5.56 Å². The summed E-state index contributed by atoms with van der Waals surface area (Å²) in [4.78, 5) is 0. The second kappa shape index (κ2) is 3.45. The van der Waals surface area contributed by atoms with Crippen LogP contribution in [0.3, 0.4) is 0 Å². The van der Waals surface area contributed by atoms with Gasteiger partial charge in [0.05, 0.1) is 5.02 Å². The van der Waals surface area contributed by atoms with Gasteiger partial charge in [0.1, 0.15) is 0 Å². The molecule has 3 heteroatoms. The zero-order chi connectivity index (χ0) is 9.26. The van der Waals surface area contributed by atoms with Crippen molar-refractivity contribution < 1.29 is 4.57 Å². The van der Waals surface area contributed by atoms with Crippen LogP contribution in [0.15, 0.2) is 42.2 Å². The molecule has 1 atom stereocenters. The molecule has 0 aliphatic carbocycles. The van der Waals surface area contributed by atoms with E-state index in [1.165, 1.54) is 0 Å². The fourth-order valence-electron chi connectivity index (χ4n) is 1.24. The Morgan fingerprint density at radius 3 is 2.62 bits per heavy atom. The Balaban J connectivity index is 2.48. The highest BCUT2D eigenvalue weighted by molar-refractivity contribution is 7.60. The molecular formula is C10H7ClOP+. The van der Waals surface area contributed by atoms with Crippen LogP contribution >= 0.6 is 19.4 Å². The molecule has 0 saturated carbocycles. The Kier molecular flexibility index (Phi) is 2.30. The van der Waals surface area contributed by atoms with Crippen molar-refractivity contribution in [2.45, 2.75) is 0 Å². The van der Waals surface area contributed by atoms with Crippen LogP contribution in [-0.2, 0) is 4.57 Å². The maximum absolute atomic E-state index is 11.5. The highest BCUT2D eigenvalue weighted by Crippen LogP contribution is 2.46. The highest BCUT2D eigenvalue weighted by atomic mass is 35.5. The van der Waals surface area contributed by atoms with Gasteiger partial charge in [-0.25, -0.2) is 0 Å². The van der Waals surface area contributed by atoms with E-state index in [2.05, 4.69) is 0 Å². The van der Waals surface area contributed by atoms with Crippen LogP contribution in [-0.4, -0.2) is 0 Å². The summed E-state index contributed by atoms with van der Waals surface area (Å²) in [7, 11) is -1.37. The Labute approximate surface area is 82.5 Å². The van der Waals surface area contributed by atoms with Crippen molar-refractivity contribution in [3.05, 3.63) is 52.8 Å². The molecule has 0 radical (unpaired) electrons. The first kappa shape index (κ1) is 8.68. The van der Waals surface area contributed by atoms with E-state index in [9.17, 15) is 4.57 Å². The quantitative estimate of drug-likeness (QED) is 0.638. The van der Waals surface area contributed by atoms with Gasteiger partial charge in [0.15, 0.2) is 5.82 Å². The van der Waals surface area contributed by atoms with E-state index in [1.54, 1.807) is 18.0 Å². The summed E-state index contributed by atoms with van der Waals surface area (Å²) in [6.07, 6.45) is 3.65. The zero-order valence-corrected chi connectivity index (χ0v) is 8.43. The van der Waals surface area contributed by atoms with Crippen LogP contribution in [0.2, 0.25) is 5.02 Å². The van der Waals surface area contributed by atoms with Crippen LogP contribution in [0, 0.1) is 0 Å². The summed E-state index contributed by atoms with van der Waals surface area (Å²) < 4.78 is 11.5. The summed E-state index contributed by atoms with van der Waals surface area (Å²) in [6, 6.07) is 7.44. The van der Waals surface area contributed by atoms with E-state index < -0.39 is 7.80 Å². The van der Waals surface area contributed by atoms with Gasteiger partial charge in [-0.2, -0.15) is 0 Å². The van der Waals surface area contributed by atoms with Gasteiger partial charge in [-0.05, 0) is 24.3 Å². The summed E-state index contributed by atoms with van der Waals surface area (Å²) in [5, 5.41) is 1.47. The van der Waals surface area contributed by atoms with E-state index in [1.807, 2.05) is 24.3 Å². The molecule has 1 unspecified atom stereocenters. The van der Waals surface area contributed by atoms with Crippen LogP contribution in [0.4, 0.5) is 0 Å². The standard InChI is InChI=1S/C10H7ClOP/c11-9-5-2-1-4-8(9)10-6-3-7-13(10)12/h1-7H/q+1. The van der Waals surface area contributed by atoms with Crippen LogP contribution < -0.4 is 0 Å². The monoisotopic (exact) mass is 209 g/mol. The molecule has 64 valence electrons. The van der Waals surface area contributed by atoms with Crippen LogP contribution in [0.1, 0.15) is 5.56 Å². The van der Waals surface area contributed by atoms with Crippen molar-refractivity contribution in [3.63, 3.8) is 0 Å². The lowest BCUT2D eigenvalue weighted by molar-refractivity contribution is 0.598. The Bertz CT molecular complexity index is 421. The molecule has 1 aliphatic rings. The molecule has 13 heavy (non-hydrogen) atoms. The molecule has 0 saturated heterocycles. The fraction of sp³-hybridized carbons (Fsp3) is 0. The number of hydrogen-bond acceptors (Lipinski definition) is 1. The van der Waals surface area contributed by atoms with Crippen molar-refractivity contribution in [3.8, 4) is 0 Å². The van der Waals surface area contributed by atoms with E-state index in [0.717, 1.165) is 10.9 Å². The lowest BCUT2D eigenvalue weighted by Gasteiger charge is -1.95. The third-order valence-electron chi connectivity index (χ3n) is 1.86. The predicted octanol–water partition coefficient (Wildman–Crippen LogP) is 4.04. The summed E-state index contributed by atoms with van der Waals surface area (Å²) in [5.41, 5.74) is 0.871. The smallest absolute Gasteiger partial charge is 0.0835 e. The summed E-state index contributed by atoms with van der Waals surface area (Å²) in [6.45, 7) is 0. The number of benzene rings is 1. The van der Waals surface area contributed by atoms with Crippen molar-refractivity contribution in [2.24, 2.45) is 0 Å². The molecular weight excluding hydrogens is 203 g/mol. The molecule has 1 aromatic carbocycles. The van der Waals surface area contributed by atoms with E-state index >= 15 is 0 Å². The first-order valence-corrected chi connectivity index (χ1v) is 5.59. The Hall–Kier alpha value is -0.910. The van der Waals surface area contributed by atoms with Gasteiger partial charge in [0.25, 0.3) is 0 Å². The first-order chi connectivity index (χ1) is 6.29. The number of allylic oxidation sites excluding steroid dienone is 2. The highest BCUT2D eigenvalue weighted by Gasteiger charge is 2.26. The average molecular weight is 210 g/mol. The summed E-state index contributed by atoms with van der Waals surface area (Å²) >= 11 is 5.97. The van der Waals surface area contributed by atoms with Gasteiger partial charge in [-0.15, -0.1) is 0 Å². The predicted molar refractivity (Wildman–Crippen MR) is 56.2 cm³/mol. The summed E-state index contributed by atoms with van der Waals surface area (Å²) in [5.74, 6) is 1.69.